The van der Waals surface area contributed by atoms with E-state index in [1.165, 1.54) is 0 Å². The molecular weight excluding hydrogens is 445 g/mol. The highest BCUT2D eigenvalue weighted by molar-refractivity contribution is 6.30. The molecule has 4 rings (SSSR count). The SMILES string of the molecule is C[C@H]1CCC(N2C(=O)C(C)(CC(=O)O)C[C@H](c3cccc(Cl)c3)[C@H]2c2ccc(Cl)cc2)C1. The van der Waals surface area contributed by atoms with Crippen molar-refractivity contribution in [3.05, 3.63) is 69.7 Å². The summed E-state index contributed by atoms with van der Waals surface area (Å²) in [6, 6.07) is 15.3. The molecule has 1 saturated carbocycles. The minimum Gasteiger partial charge on any atom is -0.481 e. The van der Waals surface area contributed by atoms with Crippen molar-refractivity contribution in [3.63, 3.8) is 0 Å². The highest BCUT2D eigenvalue weighted by atomic mass is 35.5. The Hall–Kier alpha value is -2.04. The third kappa shape index (κ3) is 4.53. The lowest BCUT2D eigenvalue weighted by Gasteiger charge is -2.51. The lowest BCUT2D eigenvalue weighted by molar-refractivity contribution is -0.160. The molecule has 1 aliphatic heterocycles. The van der Waals surface area contributed by atoms with Crippen LogP contribution in [0.2, 0.25) is 10.0 Å². The van der Waals surface area contributed by atoms with Gasteiger partial charge in [-0.3, -0.25) is 9.59 Å². The molecule has 2 aromatic carbocycles. The first-order valence-corrected chi connectivity index (χ1v) is 12.0. The number of aliphatic carboxylic acids is 1. The number of carbonyl (C=O) groups is 2. The van der Waals surface area contributed by atoms with Crippen molar-refractivity contribution in [2.45, 2.75) is 64.0 Å². The van der Waals surface area contributed by atoms with Gasteiger partial charge in [-0.1, -0.05) is 61.3 Å². The Labute approximate surface area is 199 Å². The molecule has 0 spiro atoms. The standard InChI is InChI=1S/C26H29Cl2NO3/c1-16-6-11-21(12-16)29-24(17-7-9-19(27)10-8-17)22(18-4-3-5-20(28)13-18)14-26(2,25(29)32)15-23(30)31/h3-5,7-10,13,16,21-22,24H,6,11-12,14-15H2,1-2H3,(H,30,31)/t16-,21?,22+,24+,26?/m0/s1. The number of likely N-dealkylation sites (tertiary alicyclic amines) is 1. The first-order chi connectivity index (χ1) is 15.2. The zero-order valence-electron chi connectivity index (χ0n) is 18.4. The first-order valence-electron chi connectivity index (χ1n) is 11.2. The Balaban J connectivity index is 1.88. The van der Waals surface area contributed by atoms with Crippen LogP contribution in [-0.2, 0) is 9.59 Å². The monoisotopic (exact) mass is 473 g/mol. The molecule has 1 saturated heterocycles. The Morgan fingerprint density at radius 2 is 1.81 bits per heavy atom. The van der Waals surface area contributed by atoms with Gasteiger partial charge < -0.3 is 10.0 Å². The lowest BCUT2D eigenvalue weighted by atomic mass is 9.67. The van der Waals surface area contributed by atoms with E-state index in [2.05, 4.69) is 6.92 Å². The molecule has 5 atom stereocenters. The Bertz CT molecular complexity index is 1010. The summed E-state index contributed by atoms with van der Waals surface area (Å²) in [5.74, 6) is -0.545. The van der Waals surface area contributed by atoms with Gasteiger partial charge in [0.2, 0.25) is 5.91 Å². The summed E-state index contributed by atoms with van der Waals surface area (Å²) < 4.78 is 0. The number of carboxylic acids is 1. The van der Waals surface area contributed by atoms with Crippen molar-refractivity contribution in [3.8, 4) is 0 Å². The largest absolute Gasteiger partial charge is 0.481 e. The maximum atomic E-state index is 14.0. The normalized spacial score (nSPS) is 30.5. The van der Waals surface area contributed by atoms with Crippen LogP contribution < -0.4 is 0 Å². The predicted octanol–water partition coefficient (Wildman–Crippen LogP) is 6.72. The molecule has 2 aliphatic rings. The van der Waals surface area contributed by atoms with Crippen molar-refractivity contribution >= 4 is 35.1 Å². The fourth-order valence-electron chi connectivity index (χ4n) is 5.71. The van der Waals surface area contributed by atoms with Gasteiger partial charge in [-0.05, 0) is 67.0 Å². The summed E-state index contributed by atoms with van der Waals surface area (Å²) in [5.41, 5.74) is 1.07. The number of halogens is 2. The summed E-state index contributed by atoms with van der Waals surface area (Å²) in [7, 11) is 0. The summed E-state index contributed by atoms with van der Waals surface area (Å²) in [6.07, 6.45) is 3.20. The zero-order chi connectivity index (χ0) is 23.0. The molecule has 1 N–H and O–H groups in total. The molecule has 2 fully saturated rings. The Kier molecular flexibility index (Phi) is 6.56. The molecule has 4 nitrogen and oxygen atoms in total. The topological polar surface area (TPSA) is 57.6 Å². The van der Waals surface area contributed by atoms with Crippen LogP contribution in [-0.4, -0.2) is 27.9 Å². The summed E-state index contributed by atoms with van der Waals surface area (Å²) in [4.78, 5) is 27.8. The third-order valence-corrected chi connectivity index (χ3v) is 7.68. The van der Waals surface area contributed by atoms with Crippen molar-refractivity contribution in [2.24, 2.45) is 11.3 Å². The quantitative estimate of drug-likeness (QED) is 0.523. The number of benzene rings is 2. The van der Waals surface area contributed by atoms with Crippen LogP contribution >= 0.6 is 23.2 Å². The highest BCUT2D eigenvalue weighted by Crippen LogP contribution is 2.53. The van der Waals surface area contributed by atoms with Gasteiger partial charge in [0.25, 0.3) is 0 Å². The van der Waals surface area contributed by atoms with Crippen LogP contribution in [0, 0.1) is 11.3 Å². The molecule has 32 heavy (non-hydrogen) atoms. The van der Waals surface area contributed by atoms with Crippen LogP contribution in [0.5, 0.6) is 0 Å². The van der Waals surface area contributed by atoms with Crippen LogP contribution in [0.1, 0.15) is 69.0 Å². The van der Waals surface area contributed by atoms with E-state index >= 15 is 0 Å². The van der Waals surface area contributed by atoms with Crippen LogP contribution in [0.3, 0.4) is 0 Å². The molecule has 0 radical (unpaired) electrons. The number of hydrogen-bond acceptors (Lipinski definition) is 2. The Morgan fingerprint density at radius 3 is 2.41 bits per heavy atom. The third-order valence-electron chi connectivity index (χ3n) is 7.19. The molecule has 1 amide bonds. The predicted molar refractivity (Wildman–Crippen MR) is 127 cm³/mol. The van der Waals surface area contributed by atoms with Gasteiger partial charge in [0.1, 0.15) is 0 Å². The number of carbonyl (C=O) groups excluding carboxylic acids is 1. The van der Waals surface area contributed by atoms with Crippen LogP contribution in [0.25, 0.3) is 0 Å². The molecule has 2 unspecified atom stereocenters. The van der Waals surface area contributed by atoms with Crippen molar-refractivity contribution < 1.29 is 14.7 Å². The molecule has 6 heteroatoms. The van der Waals surface area contributed by atoms with Crippen LogP contribution in [0.15, 0.2) is 48.5 Å². The minimum absolute atomic E-state index is 0.0581. The number of carboxylic acid groups (broad SMARTS) is 1. The van der Waals surface area contributed by atoms with E-state index in [1.54, 1.807) is 0 Å². The van der Waals surface area contributed by atoms with E-state index in [4.69, 9.17) is 23.2 Å². The summed E-state index contributed by atoms with van der Waals surface area (Å²) in [5, 5.41) is 10.9. The summed E-state index contributed by atoms with van der Waals surface area (Å²) in [6.45, 7) is 4.03. The van der Waals surface area contributed by atoms with Gasteiger partial charge in [-0.25, -0.2) is 0 Å². The second-order valence-corrected chi connectivity index (χ2v) is 10.7. The highest BCUT2D eigenvalue weighted by Gasteiger charge is 2.53. The van der Waals surface area contributed by atoms with Gasteiger partial charge in [-0.15, -0.1) is 0 Å². The Morgan fingerprint density at radius 1 is 1.09 bits per heavy atom. The van der Waals surface area contributed by atoms with Gasteiger partial charge in [-0.2, -0.15) is 0 Å². The van der Waals surface area contributed by atoms with Crippen molar-refractivity contribution in [1.82, 2.24) is 4.90 Å². The number of amides is 1. The smallest absolute Gasteiger partial charge is 0.304 e. The van der Waals surface area contributed by atoms with Crippen molar-refractivity contribution in [1.29, 1.82) is 0 Å². The average Bonchev–Trinajstić information content (AvgIpc) is 3.16. The van der Waals surface area contributed by atoms with E-state index in [1.807, 2.05) is 60.4 Å². The maximum Gasteiger partial charge on any atom is 0.304 e. The lowest BCUT2D eigenvalue weighted by Crippen LogP contribution is -2.55. The van der Waals surface area contributed by atoms with E-state index in [9.17, 15) is 14.7 Å². The van der Waals surface area contributed by atoms with E-state index in [0.717, 1.165) is 30.4 Å². The molecule has 0 aromatic heterocycles. The number of hydrogen-bond donors (Lipinski definition) is 1. The van der Waals surface area contributed by atoms with E-state index < -0.39 is 11.4 Å². The number of rotatable bonds is 5. The average molecular weight is 474 g/mol. The fourth-order valence-corrected chi connectivity index (χ4v) is 6.04. The second kappa shape index (κ2) is 9.07. The number of nitrogens with zero attached hydrogens (tertiary/aromatic N) is 1. The fraction of sp³-hybridized carbons (Fsp3) is 0.462. The molecule has 1 aliphatic carbocycles. The maximum absolute atomic E-state index is 14.0. The van der Waals surface area contributed by atoms with Gasteiger partial charge in [0, 0.05) is 22.0 Å². The molecule has 2 aromatic rings. The van der Waals surface area contributed by atoms with Gasteiger partial charge >= 0.3 is 5.97 Å². The van der Waals surface area contributed by atoms with Crippen molar-refractivity contribution in [2.75, 3.05) is 0 Å². The number of piperidine rings is 1. The minimum atomic E-state index is -0.979. The molecule has 0 bridgehead atoms. The van der Waals surface area contributed by atoms with E-state index in [-0.39, 0.29) is 30.3 Å². The summed E-state index contributed by atoms with van der Waals surface area (Å²) >= 11 is 12.5. The molecular formula is C26H29Cl2NO3. The van der Waals surface area contributed by atoms with Gasteiger partial charge in [0.05, 0.1) is 17.9 Å². The first kappa shape index (κ1) is 23.1. The molecule has 1 heterocycles. The van der Waals surface area contributed by atoms with Gasteiger partial charge in [0.15, 0.2) is 0 Å². The second-order valence-electron chi connectivity index (χ2n) is 9.78. The van der Waals surface area contributed by atoms with E-state index in [0.29, 0.717) is 22.4 Å². The zero-order valence-corrected chi connectivity index (χ0v) is 19.9. The molecule has 170 valence electrons. The van der Waals surface area contributed by atoms with Crippen LogP contribution in [0.4, 0.5) is 0 Å².